The van der Waals surface area contributed by atoms with Crippen molar-refractivity contribution in [1.82, 2.24) is 10.6 Å². The van der Waals surface area contributed by atoms with Crippen LogP contribution in [0.3, 0.4) is 0 Å². The molecule has 2 fully saturated rings. The Morgan fingerprint density at radius 1 is 1.18 bits per heavy atom. The number of hydrogen-bond acceptors (Lipinski definition) is 7. The van der Waals surface area contributed by atoms with Gasteiger partial charge in [-0.2, -0.15) is 0 Å². The number of anilines is 2. The molecule has 2 aromatic carbocycles. The minimum absolute atomic E-state index is 0.0768. The summed E-state index contributed by atoms with van der Waals surface area (Å²) in [5, 5.41) is 27.8. The highest BCUT2D eigenvalue weighted by Crippen LogP contribution is 2.27. The highest BCUT2D eigenvalue weighted by atomic mass is 16.5. The molecule has 0 unspecified atom stereocenters. The van der Waals surface area contributed by atoms with Gasteiger partial charge in [-0.3, -0.25) is 14.4 Å². The Labute approximate surface area is 236 Å². The smallest absolute Gasteiger partial charge is 0.290 e. The molecule has 0 aromatic heterocycles. The molecule has 218 valence electrons. The number of nitrogens with zero attached hydrogens (tertiary/aromatic N) is 1. The third-order valence-electron chi connectivity index (χ3n) is 7.15. The van der Waals surface area contributed by atoms with E-state index in [1.807, 2.05) is 43.3 Å². The van der Waals surface area contributed by atoms with Gasteiger partial charge in [0.2, 0.25) is 5.91 Å². The summed E-state index contributed by atoms with van der Waals surface area (Å²) in [7, 11) is 0. The van der Waals surface area contributed by atoms with E-state index >= 15 is 0 Å². The van der Waals surface area contributed by atoms with Crippen LogP contribution in [-0.4, -0.2) is 80.0 Å². The fourth-order valence-electron chi connectivity index (χ4n) is 5.06. The maximum atomic E-state index is 13.5. The first-order chi connectivity index (χ1) is 19.4. The Hall–Kier alpha value is -3.47. The van der Waals surface area contributed by atoms with Crippen molar-refractivity contribution in [1.29, 1.82) is 0 Å². The summed E-state index contributed by atoms with van der Waals surface area (Å²) in [4.78, 5) is 36.0. The van der Waals surface area contributed by atoms with E-state index in [9.17, 15) is 14.7 Å². The molecule has 0 aliphatic carbocycles. The number of carbonyl (C=O) groups excluding carboxylic acids is 2. The van der Waals surface area contributed by atoms with E-state index in [1.165, 1.54) is 0 Å². The minimum Gasteiger partial charge on any atom is -0.483 e. The Bertz CT molecular complexity index is 1080. The topological polar surface area (TPSA) is 140 Å². The third kappa shape index (κ3) is 9.62. The van der Waals surface area contributed by atoms with Crippen molar-refractivity contribution < 1.29 is 29.3 Å². The van der Waals surface area contributed by atoms with Crippen LogP contribution >= 0.6 is 0 Å². The number of nitrogens with one attached hydrogen (secondary N) is 3. The summed E-state index contributed by atoms with van der Waals surface area (Å²) < 4.78 is 5.44. The van der Waals surface area contributed by atoms with E-state index in [2.05, 4.69) is 16.0 Å². The molecule has 10 nitrogen and oxygen atoms in total. The van der Waals surface area contributed by atoms with Crippen LogP contribution in [0.25, 0.3) is 0 Å². The number of aliphatic hydroxyl groups is 1. The third-order valence-corrected chi connectivity index (χ3v) is 7.15. The average Bonchev–Trinajstić information content (AvgIpc) is 3.40. The molecule has 5 N–H and O–H groups in total. The minimum atomic E-state index is -0.763. The fraction of sp³-hybridized carbons (Fsp3) is 0.500. The summed E-state index contributed by atoms with van der Waals surface area (Å²) in [5.41, 5.74) is 3.03. The standard InChI is InChI=1S/C29H40N4O4.CH2O2/c1-2-31-24-16-23(17-25(18-24)33-12-6-9-28(33)35)29(36)32-26(15-21-7-4-3-5-8-21)27(34)20-30-19-22-10-13-37-14-11-22;2-1-3/h3-5,7-8,16-18,22,26-27,30-31,34H,2,6,9-15,19-20H2,1H3,(H,32,36);1H,(H,2,3)/t26-,27+;/m0./s1. The second kappa shape index (κ2) is 16.6. The number of benzene rings is 2. The highest BCUT2D eigenvalue weighted by Gasteiger charge is 2.26. The Balaban J connectivity index is 0.00000141. The number of rotatable bonds is 12. The van der Waals surface area contributed by atoms with Gasteiger partial charge in [-0.15, -0.1) is 0 Å². The molecule has 4 rings (SSSR count). The molecule has 0 radical (unpaired) electrons. The molecular weight excluding hydrogens is 512 g/mol. The van der Waals surface area contributed by atoms with Crippen LogP contribution in [0.1, 0.15) is 48.5 Å². The molecule has 2 amide bonds. The van der Waals surface area contributed by atoms with E-state index in [1.54, 1.807) is 17.0 Å². The van der Waals surface area contributed by atoms with Gasteiger partial charge < -0.3 is 35.8 Å². The predicted octanol–water partition coefficient (Wildman–Crippen LogP) is 2.66. The van der Waals surface area contributed by atoms with Gasteiger partial charge in [0.15, 0.2) is 0 Å². The first-order valence-corrected chi connectivity index (χ1v) is 14.0. The molecule has 40 heavy (non-hydrogen) atoms. The predicted molar refractivity (Wildman–Crippen MR) is 155 cm³/mol. The van der Waals surface area contributed by atoms with Gasteiger partial charge in [0.05, 0.1) is 12.1 Å². The van der Waals surface area contributed by atoms with E-state index < -0.39 is 12.1 Å². The van der Waals surface area contributed by atoms with Gasteiger partial charge in [0.1, 0.15) is 0 Å². The van der Waals surface area contributed by atoms with Crippen molar-refractivity contribution in [2.75, 3.05) is 49.6 Å². The lowest BCUT2D eigenvalue weighted by atomic mass is 9.98. The maximum Gasteiger partial charge on any atom is 0.290 e. The van der Waals surface area contributed by atoms with E-state index in [-0.39, 0.29) is 18.3 Å². The number of amides is 2. The molecular formula is C30H42N4O6. The van der Waals surface area contributed by atoms with E-state index in [0.29, 0.717) is 44.0 Å². The fourth-order valence-corrected chi connectivity index (χ4v) is 5.06. The SMILES string of the molecule is CCNc1cc(C(=O)N[C@@H](Cc2ccccc2)[C@H](O)CNCC2CCOCC2)cc(N2CCCC2=O)c1.O=CO. The molecule has 0 spiro atoms. The summed E-state index contributed by atoms with van der Waals surface area (Å²) in [6.45, 7) is 5.89. The van der Waals surface area contributed by atoms with Crippen molar-refractivity contribution in [2.24, 2.45) is 5.92 Å². The monoisotopic (exact) mass is 554 g/mol. The van der Waals surface area contributed by atoms with Gasteiger partial charge in [-0.1, -0.05) is 30.3 Å². The molecule has 0 saturated carbocycles. The summed E-state index contributed by atoms with van der Waals surface area (Å²) in [6, 6.07) is 14.9. The molecule has 2 saturated heterocycles. The van der Waals surface area contributed by atoms with Crippen molar-refractivity contribution in [3.05, 3.63) is 59.7 Å². The number of aliphatic hydroxyl groups excluding tert-OH is 1. The molecule has 2 aromatic rings. The van der Waals surface area contributed by atoms with Crippen LogP contribution in [0, 0.1) is 5.92 Å². The zero-order valence-electron chi connectivity index (χ0n) is 23.2. The van der Waals surface area contributed by atoms with Gasteiger partial charge in [0.25, 0.3) is 12.4 Å². The second-order valence-corrected chi connectivity index (χ2v) is 10.1. The van der Waals surface area contributed by atoms with E-state index in [4.69, 9.17) is 14.6 Å². The van der Waals surface area contributed by atoms with Crippen molar-refractivity contribution >= 4 is 29.7 Å². The molecule has 2 aliphatic rings. The summed E-state index contributed by atoms with van der Waals surface area (Å²) >= 11 is 0. The molecule has 0 bridgehead atoms. The Morgan fingerprint density at radius 2 is 1.90 bits per heavy atom. The van der Waals surface area contributed by atoms with Crippen molar-refractivity contribution in [3.63, 3.8) is 0 Å². The van der Waals surface area contributed by atoms with Gasteiger partial charge in [-0.05, 0) is 68.8 Å². The zero-order valence-corrected chi connectivity index (χ0v) is 23.2. The lowest BCUT2D eigenvalue weighted by Crippen LogP contribution is -2.49. The number of ether oxygens (including phenoxy) is 1. The molecule has 2 atom stereocenters. The van der Waals surface area contributed by atoms with Gasteiger partial charge in [0, 0.05) is 56.2 Å². The van der Waals surface area contributed by atoms with Gasteiger partial charge in [-0.25, -0.2) is 0 Å². The first-order valence-electron chi connectivity index (χ1n) is 14.0. The zero-order chi connectivity index (χ0) is 28.7. The summed E-state index contributed by atoms with van der Waals surface area (Å²) in [6.07, 6.45) is 3.14. The quantitative estimate of drug-likeness (QED) is 0.252. The molecule has 2 heterocycles. The number of hydrogen-bond donors (Lipinski definition) is 5. The average molecular weight is 555 g/mol. The largest absolute Gasteiger partial charge is 0.483 e. The lowest BCUT2D eigenvalue weighted by molar-refractivity contribution is -0.123. The van der Waals surface area contributed by atoms with Crippen molar-refractivity contribution in [2.45, 2.75) is 51.2 Å². The Morgan fingerprint density at radius 3 is 2.55 bits per heavy atom. The Kier molecular flexibility index (Phi) is 12.9. The molecule has 10 heteroatoms. The van der Waals surface area contributed by atoms with Crippen LogP contribution in [0.5, 0.6) is 0 Å². The normalized spacial score (nSPS) is 16.9. The second-order valence-electron chi connectivity index (χ2n) is 10.1. The number of carbonyl (C=O) groups is 3. The number of carboxylic acid groups (broad SMARTS) is 1. The van der Waals surface area contributed by atoms with Crippen LogP contribution in [0.15, 0.2) is 48.5 Å². The van der Waals surface area contributed by atoms with Gasteiger partial charge >= 0.3 is 0 Å². The van der Waals surface area contributed by atoms with E-state index in [0.717, 1.165) is 56.0 Å². The molecule has 2 aliphatic heterocycles. The van der Waals surface area contributed by atoms with Crippen molar-refractivity contribution in [3.8, 4) is 0 Å². The summed E-state index contributed by atoms with van der Waals surface area (Å²) in [5.74, 6) is 0.355. The van der Waals surface area contributed by atoms with Crippen LogP contribution in [-0.2, 0) is 20.7 Å². The van der Waals surface area contributed by atoms with Crippen LogP contribution in [0.4, 0.5) is 11.4 Å². The van der Waals surface area contributed by atoms with Crippen LogP contribution < -0.4 is 20.9 Å². The van der Waals surface area contributed by atoms with Crippen LogP contribution in [0.2, 0.25) is 0 Å². The first kappa shape index (κ1) is 31.1. The lowest BCUT2D eigenvalue weighted by Gasteiger charge is -2.27. The maximum absolute atomic E-state index is 13.5. The highest BCUT2D eigenvalue weighted by molar-refractivity contribution is 6.00.